The van der Waals surface area contributed by atoms with Gasteiger partial charge < -0.3 is 0 Å². The highest BCUT2D eigenvalue weighted by molar-refractivity contribution is 6.04. The summed E-state index contributed by atoms with van der Waals surface area (Å²) in [7, 11) is 0. The summed E-state index contributed by atoms with van der Waals surface area (Å²) in [6, 6.07) is 10.6. The molecule has 0 spiro atoms. The van der Waals surface area contributed by atoms with E-state index in [9.17, 15) is 0 Å². The molecule has 2 aliphatic heterocycles. The Balaban J connectivity index is 1.71. The highest BCUT2D eigenvalue weighted by Gasteiger charge is 2.32. The average Bonchev–Trinajstić information content (AvgIpc) is 2.49. The number of nitrogens with one attached hydrogen (secondary N) is 1. The van der Waals surface area contributed by atoms with Crippen LogP contribution in [0.4, 0.5) is 0 Å². The SMILES string of the molecule is CC1C=NC2=NC(=N)C(CC(C)c3ccccc3)CC2C1. The highest BCUT2D eigenvalue weighted by Crippen LogP contribution is 2.35. The van der Waals surface area contributed by atoms with Gasteiger partial charge >= 0.3 is 0 Å². The molecule has 0 fully saturated rings. The van der Waals surface area contributed by atoms with E-state index in [1.165, 1.54) is 5.56 Å². The first kappa shape index (κ1) is 14.2. The molecule has 3 nitrogen and oxygen atoms in total. The predicted octanol–water partition coefficient (Wildman–Crippen LogP) is 4.30. The van der Waals surface area contributed by atoms with Crippen molar-refractivity contribution >= 4 is 17.9 Å². The molecule has 3 heteroatoms. The lowest BCUT2D eigenvalue weighted by atomic mass is 9.78. The van der Waals surface area contributed by atoms with Crippen LogP contribution >= 0.6 is 0 Å². The fourth-order valence-electron chi connectivity index (χ4n) is 3.47. The molecule has 3 rings (SSSR count). The van der Waals surface area contributed by atoms with Gasteiger partial charge in [0.05, 0.1) is 0 Å². The second-order valence-corrected chi connectivity index (χ2v) is 6.52. The van der Waals surface area contributed by atoms with E-state index in [1.54, 1.807) is 0 Å². The molecule has 4 unspecified atom stereocenters. The van der Waals surface area contributed by atoms with Crippen molar-refractivity contribution in [3.05, 3.63) is 35.9 Å². The fourth-order valence-corrected chi connectivity index (χ4v) is 3.47. The van der Waals surface area contributed by atoms with Gasteiger partial charge in [-0.05, 0) is 36.7 Å². The lowest BCUT2D eigenvalue weighted by molar-refractivity contribution is 0.415. The number of rotatable bonds is 3. The Labute approximate surface area is 126 Å². The third-order valence-electron chi connectivity index (χ3n) is 4.68. The number of nitrogens with zero attached hydrogens (tertiary/aromatic N) is 2. The number of benzene rings is 1. The van der Waals surface area contributed by atoms with Crippen LogP contribution in [0.25, 0.3) is 0 Å². The molecule has 0 aliphatic carbocycles. The van der Waals surface area contributed by atoms with Gasteiger partial charge in [0, 0.05) is 18.1 Å². The Bertz CT molecular complexity index is 573. The lowest BCUT2D eigenvalue weighted by Crippen LogP contribution is -2.32. The van der Waals surface area contributed by atoms with Crippen molar-refractivity contribution in [1.82, 2.24) is 0 Å². The molecule has 0 bridgehead atoms. The first-order valence-electron chi connectivity index (χ1n) is 7.89. The van der Waals surface area contributed by atoms with Crippen LogP contribution < -0.4 is 0 Å². The molecule has 0 aromatic heterocycles. The molecule has 1 aromatic carbocycles. The molecule has 4 atom stereocenters. The Hall–Kier alpha value is -1.77. The normalized spacial score (nSPS) is 29.7. The van der Waals surface area contributed by atoms with E-state index in [-0.39, 0.29) is 5.92 Å². The Kier molecular flexibility index (Phi) is 4.00. The van der Waals surface area contributed by atoms with E-state index in [4.69, 9.17) is 5.41 Å². The van der Waals surface area contributed by atoms with Gasteiger partial charge in [0.1, 0.15) is 11.7 Å². The van der Waals surface area contributed by atoms with Gasteiger partial charge in [-0.2, -0.15) is 0 Å². The number of hydrogen-bond acceptors (Lipinski definition) is 2. The van der Waals surface area contributed by atoms with Gasteiger partial charge in [-0.3, -0.25) is 5.41 Å². The van der Waals surface area contributed by atoms with Crippen LogP contribution in [0, 0.1) is 23.2 Å². The summed E-state index contributed by atoms with van der Waals surface area (Å²) in [5, 5.41) is 8.21. The molecule has 21 heavy (non-hydrogen) atoms. The van der Waals surface area contributed by atoms with E-state index < -0.39 is 0 Å². The number of amidine groups is 2. The third kappa shape index (κ3) is 3.12. The number of aliphatic imine (C=N–C) groups is 2. The van der Waals surface area contributed by atoms with Crippen molar-refractivity contribution < 1.29 is 0 Å². The first-order valence-corrected chi connectivity index (χ1v) is 7.89. The van der Waals surface area contributed by atoms with Crippen LogP contribution in [0.3, 0.4) is 0 Å². The fraction of sp³-hybridized carbons (Fsp3) is 0.500. The van der Waals surface area contributed by atoms with Crippen LogP contribution in [0.1, 0.15) is 44.6 Å². The van der Waals surface area contributed by atoms with Gasteiger partial charge in [-0.25, -0.2) is 9.98 Å². The molecule has 110 valence electrons. The smallest absolute Gasteiger partial charge is 0.133 e. The molecule has 2 aliphatic rings. The van der Waals surface area contributed by atoms with Crippen LogP contribution in [-0.2, 0) is 0 Å². The lowest BCUT2D eigenvalue weighted by Gasteiger charge is -2.32. The molecular formula is C18H23N3. The van der Waals surface area contributed by atoms with E-state index in [2.05, 4.69) is 54.2 Å². The van der Waals surface area contributed by atoms with Gasteiger partial charge in [0.2, 0.25) is 0 Å². The molecule has 0 amide bonds. The van der Waals surface area contributed by atoms with E-state index >= 15 is 0 Å². The summed E-state index contributed by atoms with van der Waals surface area (Å²) < 4.78 is 0. The van der Waals surface area contributed by atoms with Gasteiger partial charge in [-0.1, -0.05) is 44.2 Å². The Morgan fingerprint density at radius 2 is 2.00 bits per heavy atom. The van der Waals surface area contributed by atoms with Gasteiger partial charge in [-0.15, -0.1) is 0 Å². The predicted molar refractivity (Wildman–Crippen MR) is 88.5 cm³/mol. The minimum atomic E-state index is 0.273. The number of hydrogen-bond donors (Lipinski definition) is 1. The second-order valence-electron chi connectivity index (χ2n) is 6.52. The zero-order chi connectivity index (χ0) is 14.8. The van der Waals surface area contributed by atoms with Crippen LogP contribution in [0.5, 0.6) is 0 Å². The highest BCUT2D eigenvalue weighted by atomic mass is 15.0. The Morgan fingerprint density at radius 1 is 1.24 bits per heavy atom. The molecule has 0 saturated carbocycles. The molecule has 1 N–H and O–H groups in total. The summed E-state index contributed by atoms with van der Waals surface area (Å²) in [6.07, 6.45) is 5.16. The first-order chi connectivity index (χ1) is 10.1. The standard InChI is InChI=1S/C18H23N3/c1-12-8-16-10-15(17(19)21-18(16)20-11-12)9-13(2)14-6-4-3-5-7-14/h3-7,11-13,15-16,19H,8-10H2,1-2H3. The van der Waals surface area contributed by atoms with Crippen molar-refractivity contribution in [1.29, 1.82) is 5.41 Å². The quantitative estimate of drug-likeness (QED) is 0.858. The van der Waals surface area contributed by atoms with E-state index in [0.29, 0.717) is 23.6 Å². The maximum atomic E-state index is 8.21. The summed E-state index contributed by atoms with van der Waals surface area (Å²) in [4.78, 5) is 8.91. The molecule has 2 heterocycles. The summed E-state index contributed by atoms with van der Waals surface area (Å²) in [5.41, 5.74) is 1.36. The van der Waals surface area contributed by atoms with Crippen molar-refractivity contribution in [3.8, 4) is 0 Å². The Morgan fingerprint density at radius 3 is 2.76 bits per heavy atom. The largest absolute Gasteiger partial charge is 0.286 e. The molecular weight excluding hydrogens is 258 g/mol. The maximum absolute atomic E-state index is 8.21. The third-order valence-corrected chi connectivity index (χ3v) is 4.68. The van der Waals surface area contributed by atoms with Crippen molar-refractivity contribution in [2.45, 2.75) is 39.0 Å². The zero-order valence-electron chi connectivity index (χ0n) is 12.8. The molecule has 0 radical (unpaired) electrons. The van der Waals surface area contributed by atoms with Crippen molar-refractivity contribution in [2.75, 3.05) is 0 Å². The number of fused-ring (bicyclic) bond motifs is 1. The second kappa shape index (κ2) is 5.92. The van der Waals surface area contributed by atoms with E-state index in [0.717, 1.165) is 25.1 Å². The molecule has 0 saturated heterocycles. The topological polar surface area (TPSA) is 48.6 Å². The summed E-state index contributed by atoms with van der Waals surface area (Å²) >= 11 is 0. The van der Waals surface area contributed by atoms with Crippen LogP contribution in [0.15, 0.2) is 40.3 Å². The monoisotopic (exact) mass is 281 g/mol. The van der Waals surface area contributed by atoms with Gasteiger partial charge in [0.15, 0.2) is 0 Å². The van der Waals surface area contributed by atoms with Crippen LogP contribution in [0.2, 0.25) is 0 Å². The maximum Gasteiger partial charge on any atom is 0.133 e. The average molecular weight is 281 g/mol. The van der Waals surface area contributed by atoms with E-state index in [1.807, 2.05) is 6.21 Å². The minimum absolute atomic E-state index is 0.273. The summed E-state index contributed by atoms with van der Waals surface area (Å²) in [5.74, 6) is 3.14. The molecule has 1 aromatic rings. The van der Waals surface area contributed by atoms with Gasteiger partial charge in [0.25, 0.3) is 0 Å². The summed E-state index contributed by atoms with van der Waals surface area (Å²) in [6.45, 7) is 4.46. The van der Waals surface area contributed by atoms with Crippen molar-refractivity contribution in [3.63, 3.8) is 0 Å². The van der Waals surface area contributed by atoms with Crippen LogP contribution in [-0.4, -0.2) is 17.9 Å². The minimum Gasteiger partial charge on any atom is -0.286 e. The zero-order valence-corrected chi connectivity index (χ0v) is 12.8. The van der Waals surface area contributed by atoms with Crippen molar-refractivity contribution in [2.24, 2.45) is 27.7 Å².